The van der Waals surface area contributed by atoms with E-state index in [1.54, 1.807) is 19.1 Å². The lowest BCUT2D eigenvalue weighted by Crippen LogP contribution is -2.06. The van der Waals surface area contributed by atoms with Gasteiger partial charge in [0, 0.05) is 52.0 Å². The van der Waals surface area contributed by atoms with E-state index in [9.17, 15) is 14.0 Å². The van der Waals surface area contributed by atoms with Crippen molar-refractivity contribution in [3.05, 3.63) is 119 Å². The minimum Gasteiger partial charge on any atom is -0.341 e. The van der Waals surface area contributed by atoms with Crippen molar-refractivity contribution in [2.24, 2.45) is 5.16 Å². The summed E-state index contributed by atoms with van der Waals surface area (Å²) in [6.45, 7) is 5.88. The number of hydrogen-bond acceptors (Lipinski definition) is 4. The molecule has 5 rings (SSSR count). The van der Waals surface area contributed by atoms with Crippen LogP contribution in [-0.4, -0.2) is 22.0 Å². The third-order valence-electron chi connectivity index (χ3n) is 6.40. The summed E-state index contributed by atoms with van der Waals surface area (Å²) in [5, 5.41) is 5.93. The highest BCUT2D eigenvalue weighted by Crippen LogP contribution is 2.32. The van der Waals surface area contributed by atoms with Crippen LogP contribution in [0.3, 0.4) is 0 Å². The van der Waals surface area contributed by atoms with Gasteiger partial charge in [-0.05, 0) is 61.9 Å². The second kappa shape index (κ2) is 9.82. The second-order valence-corrected chi connectivity index (χ2v) is 8.91. The van der Waals surface area contributed by atoms with E-state index < -0.39 is 11.8 Å². The zero-order valence-electron chi connectivity index (χ0n) is 20.8. The van der Waals surface area contributed by atoms with E-state index in [1.807, 2.05) is 60.7 Å². The van der Waals surface area contributed by atoms with Crippen LogP contribution in [0, 0.1) is 12.7 Å². The van der Waals surface area contributed by atoms with Gasteiger partial charge in [0.2, 0.25) is 0 Å². The molecule has 0 fully saturated rings. The number of carbonyl (C=O) groups is 2. The molecule has 0 saturated carbocycles. The fourth-order valence-electron chi connectivity index (χ4n) is 4.67. The predicted octanol–water partition coefficient (Wildman–Crippen LogP) is 6.81. The molecule has 5 aromatic rings. The number of aromatic nitrogens is 1. The summed E-state index contributed by atoms with van der Waals surface area (Å²) in [5.74, 6) is -1.41. The molecule has 37 heavy (non-hydrogen) atoms. The standard InChI is InChI=1S/C31H25FN2O3/c1-4-34-28-14-11-22(30(33-37-20(3)35)21-8-6-5-7-9-21)17-25(28)26-18-23(12-15-29(26)34)31(36)24-13-10-19(2)16-27(24)32/h5-18H,4H2,1-3H3/b33-30+. The van der Waals surface area contributed by atoms with Gasteiger partial charge in [-0.2, -0.15) is 0 Å². The van der Waals surface area contributed by atoms with Crippen LogP contribution in [0.1, 0.15) is 46.5 Å². The molecule has 4 aromatic carbocycles. The van der Waals surface area contributed by atoms with Crippen molar-refractivity contribution in [1.82, 2.24) is 4.57 Å². The van der Waals surface area contributed by atoms with Crippen LogP contribution in [0.15, 0.2) is 90.1 Å². The van der Waals surface area contributed by atoms with Crippen molar-refractivity contribution in [3.8, 4) is 0 Å². The molecule has 0 aliphatic carbocycles. The first-order chi connectivity index (χ1) is 17.9. The van der Waals surface area contributed by atoms with Gasteiger partial charge in [0.1, 0.15) is 11.5 Å². The Balaban J connectivity index is 1.69. The van der Waals surface area contributed by atoms with Crippen molar-refractivity contribution < 1.29 is 18.8 Å². The first kappa shape index (κ1) is 24.1. The Bertz CT molecular complexity index is 1700. The van der Waals surface area contributed by atoms with Gasteiger partial charge in [0.25, 0.3) is 0 Å². The van der Waals surface area contributed by atoms with Crippen molar-refractivity contribution in [2.75, 3.05) is 0 Å². The van der Waals surface area contributed by atoms with E-state index in [-0.39, 0.29) is 11.3 Å². The highest BCUT2D eigenvalue weighted by molar-refractivity contribution is 6.18. The third kappa shape index (κ3) is 4.54. The topological polar surface area (TPSA) is 60.7 Å². The van der Waals surface area contributed by atoms with Gasteiger partial charge in [0.05, 0.1) is 5.56 Å². The predicted molar refractivity (Wildman–Crippen MR) is 144 cm³/mol. The Morgan fingerprint density at radius 1 is 0.838 bits per heavy atom. The zero-order valence-corrected chi connectivity index (χ0v) is 20.8. The molecule has 6 heteroatoms. The van der Waals surface area contributed by atoms with E-state index >= 15 is 0 Å². The largest absolute Gasteiger partial charge is 0.341 e. The molecular weight excluding hydrogens is 467 g/mol. The Labute approximate surface area is 213 Å². The number of fused-ring (bicyclic) bond motifs is 3. The molecule has 0 amide bonds. The number of hydrogen-bond donors (Lipinski definition) is 0. The molecule has 0 bridgehead atoms. The van der Waals surface area contributed by atoms with E-state index in [1.165, 1.54) is 19.1 Å². The third-order valence-corrected chi connectivity index (χ3v) is 6.40. The summed E-state index contributed by atoms with van der Waals surface area (Å²) in [6, 6.07) is 25.5. The fraction of sp³-hybridized carbons (Fsp3) is 0.129. The van der Waals surface area contributed by atoms with Gasteiger partial charge in [-0.25, -0.2) is 9.18 Å². The summed E-state index contributed by atoms with van der Waals surface area (Å²) in [6.07, 6.45) is 0. The summed E-state index contributed by atoms with van der Waals surface area (Å²) in [7, 11) is 0. The van der Waals surface area contributed by atoms with Crippen LogP contribution in [-0.2, 0) is 16.2 Å². The van der Waals surface area contributed by atoms with Crippen molar-refractivity contribution in [2.45, 2.75) is 27.3 Å². The average Bonchev–Trinajstić information content (AvgIpc) is 3.21. The molecule has 0 atom stereocenters. The molecule has 0 aliphatic heterocycles. The Hall–Kier alpha value is -4.58. The lowest BCUT2D eigenvalue weighted by molar-refractivity contribution is -0.140. The molecule has 5 nitrogen and oxygen atoms in total. The van der Waals surface area contributed by atoms with Crippen LogP contribution in [0.2, 0.25) is 0 Å². The minimum absolute atomic E-state index is 0.0461. The first-order valence-corrected chi connectivity index (χ1v) is 12.1. The van der Waals surface area contributed by atoms with Gasteiger partial charge < -0.3 is 9.40 Å². The Morgan fingerprint density at radius 3 is 2.11 bits per heavy atom. The van der Waals surface area contributed by atoms with Crippen molar-refractivity contribution >= 4 is 39.3 Å². The highest BCUT2D eigenvalue weighted by atomic mass is 19.1. The number of carbonyl (C=O) groups excluding carboxylic acids is 2. The van der Waals surface area contributed by atoms with Crippen LogP contribution in [0.5, 0.6) is 0 Å². The molecule has 0 N–H and O–H groups in total. The van der Waals surface area contributed by atoms with E-state index in [2.05, 4.69) is 16.6 Å². The SMILES string of the molecule is CCn1c2ccc(C(=O)c3ccc(C)cc3F)cc2c2cc(/C(=N/OC(C)=O)c3ccccc3)ccc21. The van der Waals surface area contributed by atoms with E-state index in [0.717, 1.165) is 45.0 Å². The number of nitrogens with zero attached hydrogens (tertiary/aromatic N) is 2. The number of aryl methyl sites for hydroxylation is 2. The lowest BCUT2D eigenvalue weighted by Gasteiger charge is -2.08. The molecule has 0 spiro atoms. The van der Waals surface area contributed by atoms with Gasteiger partial charge in [-0.15, -0.1) is 0 Å². The number of halogens is 1. The summed E-state index contributed by atoms with van der Waals surface area (Å²) in [5.41, 5.74) is 5.25. The van der Waals surface area contributed by atoms with Crippen molar-refractivity contribution in [1.29, 1.82) is 0 Å². The maximum absolute atomic E-state index is 14.6. The van der Waals surface area contributed by atoms with Gasteiger partial charge in [-0.1, -0.05) is 47.6 Å². The molecule has 184 valence electrons. The van der Waals surface area contributed by atoms with Gasteiger partial charge in [0.15, 0.2) is 5.78 Å². The molecule has 0 saturated heterocycles. The highest BCUT2D eigenvalue weighted by Gasteiger charge is 2.18. The summed E-state index contributed by atoms with van der Waals surface area (Å²) in [4.78, 5) is 29.8. The van der Waals surface area contributed by atoms with Crippen LogP contribution in [0.25, 0.3) is 21.8 Å². The number of ketones is 1. The number of benzene rings is 4. The van der Waals surface area contributed by atoms with E-state index in [0.29, 0.717) is 11.3 Å². The first-order valence-electron chi connectivity index (χ1n) is 12.1. The average molecular weight is 493 g/mol. The van der Waals surface area contributed by atoms with Crippen LogP contribution in [0.4, 0.5) is 4.39 Å². The normalized spacial score (nSPS) is 11.7. The molecule has 1 heterocycles. The second-order valence-electron chi connectivity index (χ2n) is 8.91. The van der Waals surface area contributed by atoms with Crippen molar-refractivity contribution in [3.63, 3.8) is 0 Å². The van der Waals surface area contributed by atoms with Gasteiger partial charge >= 0.3 is 5.97 Å². The minimum atomic E-state index is -0.530. The van der Waals surface area contributed by atoms with Gasteiger partial charge in [-0.3, -0.25) is 4.79 Å². The summed E-state index contributed by atoms with van der Waals surface area (Å²) < 4.78 is 16.7. The smallest absolute Gasteiger partial charge is 0.332 e. The van der Waals surface area contributed by atoms with Crippen LogP contribution >= 0.6 is 0 Å². The number of rotatable bonds is 6. The molecule has 0 aliphatic rings. The molecule has 0 unspecified atom stereocenters. The molecular formula is C31H25FN2O3. The fourth-order valence-corrected chi connectivity index (χ4v) is 4.67. The Kier molecular flexibility index (Phi) is 6.40. The maximum atomic E-state index is 14.6. The number of oxime groups is 1. The quantitative estimate of drug-likeness (QED) is 0.113. The monoisotopic (exact) mass is 492 g/mol. The molecule has 1 aromatic heterocycles. The zero-order chi connectivity index (χ0) is 26.1. The van der Waals surface area contributed by atoms with Crippen LogP contribution < -0.4 is 0 Å². The summed E-state index contributed by atoms with van der Waals surface area (Å²) >= 11 is 0. The Morgan fingerprint density at radius 2 is 1.49 bits per heavy atom. The lowest BCUT2D eigenvalue weighted by atomic mass is 9.98. The maximum Gasteiger partial charge on any atom is 0.332 e. The van der Waals surface area contributed by atoms with E-state index in [4.69, 9.17) is 4.84 Å². The molecule has 0 radical (unpaired) electrons.